The number of nitrogens with one attached hydrogen (secondary N) is 1. The number of para-hydroxylation sites is 1. The molecule has 0 aromatic heterocycles. The smallest absolute Gasteiger partial charge is 0.119 e. The molecular formula is C13H21NO. The van der Waals surface area contributed by atoms with Crippen LogP contribution in [0.1, 0.15) is 26.7 Å². The van der Waals surface area contributed by atoms with E-state index in [9.17, 15) is 0 Å². The van der Waals surface area contributed by atoms with Crippen LogP contribution in [0.4, 0.5) is 0 Å². The number of hydrogen-bond acceptors (Lipinski definition) is 2. The van der Waals surface area contributed by atoms with Gasteiger partial charge in [0, 0.05) is 0 Å². The molecule has 0 saturated heterocycles. The Labute approximate surface area is 92.6 Å². The van der Waals surface area contributed by atoms with Crippen LogP contribution in [-0.4, -0.2) is 19.2 Å². The summed E-state index contributed by atoms with van der Waals surface area (Å²) >= 11 is 0. The van der Waals surface area contributed by atoms with Crippen LogP contribution < -0.4 is 10.1 Å². The molecule has 0 aliphatic carbocycles. The van der Waals surface area contributed by atoms with Crippen molar-refractivity contribution in [3.05, 3.63) is 30.3 Å². The molecule has 1 aromatic rings. The second-order valence-electron chi connectivity index (χ2n) is 3.78. The van der Waals surface area contributed by atoms with Gasteiger partial charge in [0.2, 0.25) is 0 Å². The molecule has 1 N–H and O–H groups in total. The average molecular weight is 207 g/mol. The third-order valence-electron chi connectivity index (χ3n) is 2.23. The summed E-state index contributed by atoms with van der Waals surface area (Å²) in [4.78, 5) is 0. The van der Waals surface area contributed by atoms with Crippen molar-refractivity contribution in [3.63, 3.8) is 0 Å². The fourth-order valence-electron chi connectivity index (χ4n) is 1.40. The average Bonchev–Trinajstić information content (AvgIpc) is 2.26. The van der Waals surface area contributed by atoms with Crippen LogP contribution in [0.2, 0.25) is 0 Å². The zero-order valence-corrected chi connectivity index (χ0v) is 9.70. The first kappa shape index (κ1) is 12.1. The van der Waals surface area contributed by atoms with Crippen LogP contribution in [0, 0.1) is 0 Å². The first-order chi connectivity index (χ1) is 7.33. The predicted octanol–water partition coefficient (Wildman–Crippen LogP) is 2.84. The van der Waals surface area contributed by atoms with E-state index >= 15 is 0 Å². The molecule has 0 bridgehead atoms. The summed E-state index contributed by atoms with van der Waals surface area (Å²) in [5, 5.41) is 3.37. The van der Waals surface area contributed by atoms with Gasteiger partial charge in [-0.15, -0.1) is 0 Å². The van der Waals surface area contributed by atoms with Crippen LogP contribution >= 0.6 is 0 Å². The fourth-order valence-corrected chi connectivity index (χ4v) is 1.40. The van der Waals surface area contributed by atoms with Gasteiger partial charge in [-0.1, -0.05) is 25.1 Å². The van der Waals surface area contributed by atoms with Gasteiger partial charge < -0.3 is 10.1 Å². The fraction of sp³-hybridized carbons (Fsp3) is 0.538. The second-order valence-corrected chi connectivity index (χ2v) is 3.78. The number of hydrogen-bond donors (Lipinski definition) is 1. The first-order valence-corrected chi connectivity index (χ1v) is 5.75. The lowest BCUT2D eigenvalue weighted by molar-refractivity contribution is 0.210. The van der Waals surface area contributed by atoms with E-state index in [2.05, 4.69) is 19.2 Å². The van der Waals surface area contributed by atoms with Gasteiger partial charge >= 0.3 is 0 Å². The zero-order valence-electron chi connectivity index (χ0n) is 9.70. The number of rotatable bonds is 7. The summed E-state index contributed by atoms with van der Waals surface area (Å²) < 4.78 is 5.75. The summed E-state index contributed by atoms with van der Waals surface area (Å²) in [5.74, 6) is 0.959. The molecule has 0 radical (unpaired) electrons. The maximum absolute atomic E-state index is 5.75. The summed E-state index contributed by atoms with van der Waals surface area (Å²) in [6.07, 6.45) is 2.51. The molecule has 0 aliphatic rings. The maximum Gasteiger partial charge on any atom is 0.119 e. The lowest BCUT2D eigenvalue weighted by Crippen LogP contribution is -2.22. The molecule has 84 valence electrons. The third-order valence-corrected chi connectivity index (χ3v) is 2.23. The molecule has 2 heteroatoms. The van der Waals surface area contributed by atoms with Crippen molar-refractivity contribution < 1.29 is 4.74 Å². The molecule has 2 nitrogen and oxygen atoms in total. The molecule has 0 heterocycles. The lowest BCUT2D eigenvalue weighted by atomic mass is 10.2. The maximum atomic E-state index is 5.75. The number of benzene rings is 1. The molecule has 1 atom stereocenters. The predicted molar refractivity (Wildman–Crippen MR) is 64.3 cm³/mol. The SMILES string of the molecule is CCCNCCC(C)Oc1ccccc1. The minimum atomic E-state index is 0.275. The van der Waals surface area contributed by atoms with Crippen molar-refractivity contribution in [2.75, 3.05) is 13.1 Å². The molecule has 0 fully saturated rings. The van der Waals surface area contributed by atoms with Crippen LogP contribution in [0.15, 0.2) is 30.3 Å². The summed E-state index contributed by atoms with van der Waals surface area (Å²) in [5.41, 5.74) is 0. The minimum Gasteiger partial charge on any atom is -0.491 e. The first-order valence-electron chi connectivity index (χ1n) is 5.75. The van der Waals surface area contributed by atoms with Gasteiger partial charge in [-0.25, -0.2) is 0 Å². The standard InChI is InChI=1S/C13H21NO/c1-3-10-14-11-9-12(2)15-13-7-5-4-6-8-13/h4-8,12,14H,3,9-11H2,1-2H3. The zero-order chi connectivity index (χ0) is 10.9. The second kappa shape index (κ2) is 7.30. The molecular weight excluding hydrogens is 186 g/mol. The van der Waals surface area contributed by atoms with E-state index in [4.69, 9.17) is 4.74 Å². The number of ether oxygens (including phenoxy) is 1. The molecule has 0 amide bonds. The summed E-state index contributed by atoms with van der Waals surface area (Å²) in [6.45, 7) is 6.41. The highest BCUT2D eigenvalue weighted by molar-refractivity contribution is 5.21. The van der Waals surface area contributed by atoms with Crippen LogP contribution in [0.5, 0.6) is 5.75 Å². The Morgan fingerprint density at radius 1 is 1.20 bits per heavy atom. The Balaban J connectivity index is 2.16. The third kappa shape index (κ3) is 5.43. The van der Waals surface area contributed by atoms with Crippen LogP contribution in [0.25, 0.3) is 0 Å². The minimum absolute atomic E-state index is 0.275. The topological polar surface area (TPSA) is 21.3 Å². The van der Waals surface area contributed by atoms with Gasteiger partial charge in [-0.2, -0.15) is 0 Å². The van der Waals surface area contributed by atoms with Gasteiger partial charge in [0.1, 0.15) is 5.75 Å². The molecule has 1 aromatic carbocycles. The van der Waals surface area contributed by atoms with Crippen LogP contribution in [0.3, 0.4) is 0 Å². The highest BCUT2D eigenvalue weighted by Gasteiger charge is 2.02. The van der Waals surface area contributed by atoms with E-state index < -0.39 is 0 Å². The van der Waals surface area contributed by atoms with E-state index in [1.807, 2.05) is 30.3 Å². The van der Waals surface area contributed by atoms with E-state index in [-0.39, 0.29) is 6.10 Å². The van der Waals surface area contributed by atoms with E-state index in [1.54, 1.807) is 0 Å². The Bertz CT molecular complexity index is 248. The van der Waals surface area contributed by atoms with Crippen molar-refractivity contribution in [2.45, 2.75) is 32.8 Å². The van der Waals surface area contributed by atoms with Gasteiger partial charge in [0.25, 0.3) is 0 Å². The Morgan fingerprint density at radius 2 is 1.93 bits per heavy atom. The van der Waals surface area contributed by atoms with E-state index in [1.165, 1.54) is 6.42 Å². The van der Waals surface area contributed by atoms with Crippen molar-refractivity contribution in [3.8, 4) is 5.75 Å². The molecule has 0 saturated carbocycles. The summed E-state index contributed by atoms with van der Waals surface area (Å²) in [7, 11) is 0. The molecule has 15 heavy (non-hydrogen) atoms. The van der Waals surface area contributed by atoms with Gasteiger partial charge in [-0.05, 0) is 45.0 Å². The Kier molecular flexibility index (Phi) is 5.86. The largest absolute Gasteiger partial charge is 0.491 e. The normalized spacial score (nSPS) is 12.4. The summed E-state index contributed by atoms with van der Waals surface area (Å²) in [6, 6.07) is 9.99. The molecule has 1 rings (SSSR count). The monoisotopic (exact) mass is 207 g/mol. The molecule has 1 unspecified atom stereocenters. The molecule has 0 spiro atoms. The highest BCUT2D eigenvalue weighted by Crippen LogP contribution is 2.11. The highest BCUT2D eigenvalue weighted by atomic mass is 16.5. The van der Waals surface area contributed by atoms with Crippen molar-refractivity contribution in [1.29, 1.82) is 0 Å². The van der Waals surface area contributed by atoms with Crippen molar-refractivity contribution >= 4 is 0 Å². The van der Waals surface area contributed by atoms with Crippen molar-refractivity contribution in [1.82, 2.24) is 5.32 Å². The van der Waals surface area contributed by atoms with E-state index in [0.29, 0.717) is 0 Å². The Morgan fingerprint density at radius 3 is 2.60 bits per heavy atom. The lowest BCUT2D eigenvalue weighted by Gasteiger charge is -2.14. The quantitative estimate of drug-likeness (QED) is 0.694. The van der Waals surface area contributed by atoms with Gasteiger partial charge in [0.05, 0.1) is 6.10 Å². The Hall–Kier alpha value is -1.02. The molecule has 0 aliphatic heterocycles. The van der Waals surface area contributed by atoms with Crippen LogP contribution in [-0.2, 0) is 0 Å². The van der Waals surface area contributed by atoms with Gasteiger partial charge in [0.15, 0.2) is 0 Å². The van der Waals surface area contributed by atoms with E-state index in [0.717, 1.165) is 25.3 Å². The van der Waals surface area contributed by atoms with Crippen molar-refractivity contribution in [2.24, 2.45) is 0 Å². The van der Waals surface area contributed by atoms with Gasteiger partial charge in [-0.3, -0.25) is 0 Å².